The van der Waals surface area contributed by atoms with E-state index in [1.165, 1.54) is 6.26 Å². The number of hydrogen-bond acceptors (Lipinski definition) is 4. The molecule has 15 heavy (non-hydrogen) atoms. The highest BCUT2D eigenvalue weighted by Gasteiger charge is 2.10. The van der Waals surface area contributed by atoms with Gasteiger partial charge in [-0.1, -0.05) is 0 Å². The van der Waals surface area contributed by atoms with Crippen molar-refractivity contribution in [2.75, 3.05) is 12.0 Å². The molecule has 1 heterocycles. The van der Waals surface area contributed by atoms with Crippen LogP contribution in [0.15, 0.2) is 12.5 Å². The Labute approximate surface area is 90.2 Å². The Kier molecular flexibility index (Phi) is 3.87. The molecule has 0 spiro atoms. The molecule has 0 radical (unpaired) electrons. The number of imidazole rings is 1. The summed E-state index contributed by atoms with van der Waals surface area (Å²) in [6, 6.07) is -0.173. The van der Waals surface area contributed by atoms with Gasteiger partial charge in [-0.2, -0.15) is 0 Å². The number of nitrogens with two attached hydrogens (primary N) is 1. The maximum absolute atomic E-state index is 10.9. The molecular formula is C9H17N3O2S. The van der Waals surface area contributed by atoms with Crippen molar-refractivity contribution in [3.05, 3.63) is 18.2 Å². The van der Waals surface area contributed by atoms with Crippen molar-refractivity contribution in [2.24, 2.45) is 12.8 Å². The first kappa shape index (κ1) is 12.2. The number of hydrogen-bond donors (Lipinski definition) is 1. The summed E-state index contributed by atoms with van der Waals surface area (Å²) in [5.41, 5.74) is 6.68. The Morgan fingerprint density at radius 1 is 1.60 bits per heavy atom. The zero-order valence-electron chi connectivity index (χ0n) is 9.05. The number of rotatable bonds is 5. The second-order valence-corrected chi connectivity index (χ2v) is 6.10. The molecular weight excluding hydrogens is 214 g/mol. The zero-order chi connectivity index (χ0) is 11.5. The summed E-state index contributed by atoms with van der Waals surface area (Å²) >= 11 is 0. The Morgan fingerprint density at radius 3 is 2.73 bits per heavy atom. The van der Waals surface area contributed by atoms with Crippen LogP contribution in [-0.4, -0.2) is 30.0 Å². The standard InChI is InChI=1S/C9H17N3O2S/c1-12-6-9(11-7-12)8(10)4-3-5-15(2,13)14/h6-8H,3-5,10H2,1-2H3. The minimum atomic E-state index is -2.88. The van der Waals surface area contributed by atoms with Gasteiger partial charge in [0, 0.05) is 31.3 Å². The lowest BCUT2D eigenvalue weighted by molar-refractivity contribution is 0.585. The summed E-state index contributed by atoms with van der Waals surface area (Å²) in [5, 5.41) is 0. The molecule has 0 bridgehead atoms. The van der Waals surface area contributed by atoms with Crippen LogP contribution in [-0.2, 0) is 16.9 Å². The van der Waals surface area contributed by atoms with Crippen LogP contribution in [0.3, 0.4) is 0 Å². The van der Waals surface area contributed by atoms with E-state index < -0.39 is 9.84 Å². The van der Waals surface area contributed by atoms with Crippen molar-refractivity contribution in [3.63, 3.8) is 0 Å². The molecule has 1 aromatic rings. The maximum atomic E-state index is 10.9. The maximum Gasteiger partial charge on any atom is 0.147 e. The molecule has 0 aromatic carbocycles. The van der Waals surface area contributed by atoms with Crippen molar-refractivity contribution in [2.45, 2.75) is 18.9 Å². The van der Waals surface area contributed by atoms with Gasteiger partial charge in [-0.25, -0.2) is 13.4 Å². The SMILES string of the molecule is Cn1cnc(C(N)CCCS(C)(=O)=O)c1. The molecule has 0 saturated carbocycles. The van der Waals surface area contributed by atoms with Crippen LogP contribution >= 0.6 is 0 Å². The Balaban J connectivity index is 2.40. The molecule has 0 aliphatic rings. The molecule has 6 heteroatoms. The average Bonchev–Trinajstić information content (AvgIpc) is 2.49. The van der Waals surface area contributed by atoms with E-state index >= 15 is 0 Å². The number of sulfone groups is 1. The lowest BCUT2D eigenvalue weighted by Gasteiger charge is -2.07. The Morgan fingerprint density at radius 2 is 2.27 bits per heavy atom. The quantitative estimate of drug-likeness (QED) is 0.787. The van der Waals surface area contributed by atoms with E-state index in [1.807, 2.05) is 17.8 Å². The first-order valence-electron chi connectivity index (χ1n) is 4.79. The van der Waals surface area contributed by atoms with E-state index in [9.17, 15) is 8.42 Å². The fourth-order valence-corrected chi connectivity index (χ4v) is 2.03. The largest absolute Gasteiger partial charge is 0.340 e. The summed E-state index contributed by atoms with van der Waals surface area (Å²) < 4.78 is 23.6. The lowest BCUT2D eigenvalue weighted by Crippen LogP contribution is -2.13. The molecule has 0 amide bonds. The van der Waals surface area contributed by atoms with Gasteiger partial charge in [0.2, 0.25) is 0 Å². The third kappa shape index (κ3) is 4.44. The molecule has 86 valence electrons. The molecule has 0 fully saturated rings. The Bertz CT molecular complexity index is 411. The fourth-order valence-electron chi connectivity index (χ4n) is 1.34. The smallest absolute Gasteiger partial charge is 0.147 e. The van der Waals surface area contributed by atoms with Crippen molar-refractivity contribution in [1.82, 2.24) is 9.55 Å². The number of aromatic nitrogens is 2. The third-order valence-corrected chi connectivity index (χ3v) is 3.17. The molecule has 1 atom stereocenters. The minimum Gasteiger partial charge on any atom is -0.340 e. The minimum absolute atomic E-state index is 0.173. The molecule has 0 aliphatic carbocycles. The van der Waals surface area contributed by atoms with Crippen LogP contribution < -0.4 is 5.73 Å². The van der Waals surface area contributed by atoms with Crippen LogP contribution in [0.25, 0.3) is 0 Å². The van der Waals surface area contributed by atoms with E-state index in [0.29, 0.717) is 12.8 Å². The summed E-state index contributed by atoms with van der Waals surface area (Å²) in [7, 11) is -1.00. The average molecular weight is 231 g/mol. The van der Waals surface area contributed by atoms with Crippen LogP contribution in [0.1, 0.15) is 24.6 Å². The first-order chi connectivity index (χ1) is 6.88. The molecule has 1 aromatic heterocycles. The van der Waals surface area contributed by atoms with Gasteiger partial charge in [0.15, 0.2) is 0 Å². The highest BCUT2D eigenvalue weighted by molar-refractivity contribution is 7.90. The topological polar surface area (TPSA) is 78.0 Å². The normalized spacial score (nSPS) is 14.1. The summed E-state index contributed by atoms with van der Waals surface area (Å²) in [6.45, 7) is 0. The summed E-state index contributed by atoms with van der Waals surface area (Å²) in [5.74, 6) is 0.188. The van der Waals surface area contributed by atoms with Gasteiger partial charge in [-0.3, -0.25) is 0 Å². The van der Waals surface area contributed by atoms with Crippen LogP contribution in [0.4, 0.5) is 0 Å². The van der Waals surface area contributed by atoms with Crippen molar-refractivity contribution < 1.29 is 8.42 Å². The van der Waals surface area contributed by atoms with Gasteiger partial charge in [-0.05, 0) is 12.8 Å². The summed E-state index contributed by atoms with van der Waals surface area (Å²) in [4.78, 5) is 4.12. The molecule has 1 rings (SSSR count). The van der Waals surface area contributed by atoms with Crippen molar-refractivity contribution >= 4 is 9.84 Å². The highest BCUT2D eigenvalue weighted by Crippen LogP contribution is 2.13. The number of aryl methyl sites for hydroxylation is 1. The first-order valence-corrected chi connectivity index (χ1v) is 6.86. The highest BCUT2D eigenvalue weighted by atomic mass is 32.2. The number of nitrogens with zero attached hydrogens (tertiary/aromatic N) is 2. The van der Waals surface area contributed by atoms with E-state index in [4.69, 9.17) is 5.73 Å². The van der Waals surface area contributed by atoms with Gasteiger partial charge >= 0.3 is 0 Å². The van der Waals surface area contributed by atoms with Crippen LogP contribution in [0, 0.1) is 0 Å². The van der Waals surface area contributed by atoms with Gasteiger partial charge in [0.05, 0.1) is 12.0 Å². The van der Waals surface area contributed by atoms with Crippen molar-refractivity contribution in [3.8, 4) is 0 Å². The molecule has 0 aliphatic heterocycles. The third-order valence-electron chi connectivity index (χ3n) is 2.14. The second-order valence-electron chi connectivity index (χ2n) is 3.84. The van der Waals surface area contributed by atoms with Gasteiger partial charge in [-0.15, -0.1) is 0 Å². The molecule has 0 saturated heterocycles. The van der Waals surface area contributed by atoms with Gasteiger partial charge < -0.3 is 10.3 Å². The van der Waals surface area contributed by atoms with Gasteiger partial charge in [0.1, 0.15) is 9.84 Å². The fraction of sp³-hybridized carbons (Fsp3) is 0.667. The van der Waals surface area contributed by atoms with E-state index in [1.54, 1.807) is 6.33 Å². The predicted molar refractivity (Wildman–Crippen MR) is 59.1 cm³/mol. The lowest BCUT2D eigenvalue weighted by atomic mass is 10.1. The van der Waals surface area contributed by atoms with E-state index in [2.05, 4.69) is 4.98 Å². The van der Waals surface area contributed by atoms with Crippen molar-refractivity contribution in [1.29, 1.82) is 0 Å². The van der Waals surface area contributed by atoms with E-state index in [-0.39, 0.29) is 11.8 Å². The van der Waals surface area contributed by atoms with Crippen LogP contribution in [0.5, 0.6) is 0 Å². The zero-order valence-corrected chi connectivity index (χ0v) is 9.87. The monoisotopic (exact) mass is 231 g/mol. The van der Waals surface area contributed by atoms with E-state index in [0.717, 1.165) is 5.69 Å². The van der Waals surface area contributed by atoms with Gasteiger partial charge in [0.25, 0.3) is 0 Å². The second kappa shape index (κ2) is 4.76. The molecule has 1 unspecified atom stereocenters. The predicted octanol–water partition coefficient (Wildman–Crippen LogP) is 0.245. The molecule has 5 nitrogen and oxygen atoms in total. The summed E-state index contributed by atoms with van der Waals surface area (Å²) in [6.07, 6.45) is 6.00. The molecule has 2 N–H and O–H groups in total. The Hall–Kier alpha value is -0.880. The van der Waals surface area contributed by atoms with Crippen LogP contribution in [0.2, 0.25) is 0 Å².